The first-order valence-corrected chi connectivity index (χ1v) is 9.37. The minimum atomic E-state index is 0.835. The van der Waals surface area contributed by atoms with Crippen LogP contribution in [0, 0.1) is 0 Å². The Morgan fingerprint density at radius 1 is 1.43 bits per heavy atom. The monoisotopic (exact) mass is 320 g/mol. The standard InChI is InChI=1S/C15H20N4S2/c1-3-6-16-13-9-14(18-15(17-13)20-2)19-7-4-12-11(10-19)5-8-21-12/h5,8-9H,3-4,6-7,10H2,1-2H3,(H,16,17,18). The number of nitrogens with one attached hydrogen (secondary N) is 1. The second kappa shape index (κ2) is 6.66. The lowest BCUT2D eigenvalue weighted by molar-refractivity contribution is 0.722. The van der Waals surface area contributed by atoms with Crippen molar-refractivity contribution in [3.05, 3.63) is 28.0 Å². The minimum absolute atomic E-state index is 0.835. The third-order valence-corrected chi connectivity index (χ3v) is 5.13. The maximum atomic E-state index is 4.68. The highest BCUT2D eigenvalue weighted by atomic mass is 32.2. The van der Waals surface area contributed by atoms with Gasteiger partial charge in [0.15, 0.2) is 5.16 Å². The third kappa shape index (κ3) is 3.32. The smallest absolute Gasteiger partial charge is 0.191 e. The van der Waals surface area contributed by atoms with E-state index >= 15 is 0 Å². The van der Waals surface area contributed by atoms with E-state index in [9.17, 15) is 0 Å². The second-order valence-corrected chi connectivity index (χ2v) is 6.84. The zero-order chi connectivity index (χ0) is 14.7. The molecule has 3 heterocycles. The Labute approximate surface area is 134 Å². The molecular formula is C15H20N4S2. The normalized spacial score (nSPS) is 14.1. The lowest BCUT2D eigenvalue weighted by Gasteiger charge is -2.28. The molecule has 3 rings (SSSR count). The number of thiophene rings is 1. The van der Waals surface area contributed by atoms with E-state index in [1.807, 2.05) is 17.6 Å². The van der Waals surface area contributed by atoms with Crippen LogP contribution in [-0.4, -0.2) is 29.3 Å². The molecule has 0 amide bonds. The summed E-state index contributed by atoms with van der Waals surface area (Å²) < 4.78 is 0. The zero-order valence-corrected chi connectivity index (χ0v) is 14.1. The first-order valence-electron chi connectivity index (χ1n) is 7.27. The number of hydrogen-bond donors (Lipinski definition) is 1. The van der Waals surface area contributed by atoms with Crippen molar-refractivity contribution in [3.8, 4) is 0 Å². The van der Waals surface area contributed by atoms with Crippen LogP contribution in [0.1, 0.15) is 23.8 Å². The van der Waals surface area contributed by atoms with Crippen molar-refractivity contribution < 1.29 is 0 Å². The molecule has 1 N–H and O–H groups in total. The summed E-state index contributed by atoms with van der Waals surface area (Å²) >= 11 is 3.46. The van der Waals surface area contributed by atoms with Gasteiger partial charge in [0.25, 0.3) is 0 Å². The Bertz CT molecular complexity index is 611. The molecule has 0 radical (unpaired) electrons. The fourth-order valence-corrected chi connectivity index (χ4v) is 3.72. The summed E-state index contributed by atoms with van der Waals surface area (Å²) in [5.74, 6) is 1.96. The predicted molar refractivity (Wildman–Crippen MR) is 91.7 cm³/mol. The SMILES string of the molecule is CCCNc1cc(N2CCc3sccc3C2)nc(SC)n1. The average Bonchev–Trinajstić information content (AvgIpc) is 3.00. The first-order chi connectivity index (χ1) is 10.3. The minimum Gasteiger partial charge on any atom is -0.370 e. The molecule has 2 aromatic rings. The Morgan fingerprint density at radius 2 is 2.33 bits per heavy atom. The summed E-state index contributed by atoms with van der Waals surface area (Å²) in [6.45, 7) is 5.09. The van der Waals surface area contributed by atoms with Crippen molar-refractivity contribution in [1.82, 2.24) is 9.97 Å². The van der Waals surface area contributed by atoms with Crippen molar-refractivity contribution in [3.63, 3.8) is 0 Å². The fraction of sp³-hybridized carbons (Fsp3) is 0.467. The van der Waals surface area contributed by atoms with Gasteiger partial charge < -0.3 is 10.2 Å². The van der Waals surface area contributed by atoms with E-state index in [-0.39, 0.29) is 0 Å². The van der Waals surface area contributed by atoms with Crippen molar-refractivity contribution >= 4 is 34.7 Å². The number of hydrogen-bond acceptors (Lipinski definition) is 6. The van der Waals surface area contributed by atoms with Crippen LogP contribution < -0.4 is 10.2 Å². The highest BCUT2D eigenvalue weighted by molar-refractivity contribution is 7.98. The molecule has 0 spiro atoms. The van der Waals surface area contributed by atoms with Crippen LogP contribution in [0.2, 0.25) is 0 Å². The summed E-state index contributed by atoms with van der Waals surface area (Å²) in [4.78, 5) is 13.1. The van der Waals surface area contributed by atoms with Gasteiger partial charge in [-0.1, -0.05) is 18.7 Å². The van der Waals surface area contributed by atoms with Gasteiger partial charge in [0.1, 0.15) is 11.6 Å². The van der Waals surface area contributed by atoms with E-state index in [1.165, 1.54) is 10.4 Å². The van der Waals surface area contributed by atoms with Crippen molar-refractivity contribution in [1.29, 1.82) is 0 Å². The molecule has 0 unspecified atom stereocenters. The quantitative estimate of drug-likeness (QED) is 0.673. The van der Waals surface area contributed by atoms with E-state index in [2.05, 4.69) is 44.6 Å². The van der Waals surface area contributed by atoms with E-state index in [0.29, 0.717) is 0 Å². The van der Waals surface area contributed by atoms with Crippen molar-refractivity contribution in [2.45, 2.75) is 31.5 Å². The molecule has 1 aliphatic heterocycles. The molecule has 6 heteroatoms. The molecule has 0 aromatic carbocycles. The van der Waals surface area contributed by atoms with Gasteiger partial charge in [-0.2, -0.15) is 0 Å². The maximum Gasteiger partial charge on any atom is 0.191 e. The molecule has 1 aliphatic rings. The van der Waals surface area contributed by atoms with Gasteiger partial charge in [0, 0.05) is 30.6 Å². The Hall–Kier alpha value is -1.27. The number of thioether (sulfide) groups is 1. The topological polar surface area (TPSA) is 41.0 Å². The van der Waals surface area contributed by atoms with E-state index in [4.69, 9.17) is 0 Å². The van der Waals surface area contributed by atoms with Crippen LogP contribution in [0.4, 0.5) is 11.6 Å². The first kappa shape index (κ1) is 14.7. The number of aromatic nitrogens is 2. The van der Waals surface area contributed by atoms with Gasteiger partial charge in [-0.3, -0.25) is 0 Å². The summed E-state index contributed by atoms with van der Waals surface area (Å²) in [5.41, 5.74) is 1.44. The van der Waals surface area contributed by atoms with Crippen LogP contribution in [0.5, 0.6) is 0 Å². The van der Waals surface area contributed by atoms with E-state index in [0.717, 1.165) is 49.3 Å². The average molecular weight is 320 g/mol. The van der Waals surface area contributed by atoms with Crippen LogP contribution in [0.25, 0.3) is 0 Å². The lowest BCUT2D eigenvalue weighted by Crippen LogP contribution is -2.30. The molecule has 4 nitrogen and oxygen atoms in total. The summed E-state index contributed by atoms with van der Waals surface area (Å²) in [5, 5.41) is 6.40. The van der Waals surface area contributed by atoms with E-state index < -0.39 is 0 Å². The summed E-state index contributed by atoms with van der Waals surface area (Å²) in [6.07, 6.45) is 4.23. The molecule has 2 aromatic heterocycles. The Morgan fingerprint density at radius 3 is 3.14 bits per heavy atom. The number of nitrogens with zero attached hydrogens (tertiary/aromatic N) is 3. The molecule has 0 saturated carbocycles. The van der Waals surface area contributed by atoms with Gasteiger partial charge in [-0.05, 0) is 36.1 Å². The molecule has 0 bridgehead atoms. The van der Waals surface area contributed by atoms with E-state index in [1.54, 1.807) is 11.8 Å². The third-order valence-electron chi connectivity index (χ3n) is 3.56. The predicted octanol–water partition coefficient (Wildman–Crippen LogP) is 3.64. The van der Waals surface area contributed by atoms with Gasteiger partial charge in [-0.25, -0.2) is 9.97 Å². The van der Waals surface area contributed by atoms with Gasteiger partial charge in [-0.15, -0.1) is 11.3 Å². The number of anilines is 2. The fourth-order valence-electron chi connectivity index (χ4n) is 2.45. The molecule has 112 valence electrons. The number of fused-ring (bicyclic) bond motifs is 1. The molecule has 0 fully saturated rings. The van der Waals surface area contributed by atoms with Crippen LogP contribution in [0.3, 0.4) is 0 Å². The highest BCUT2D eigenvalue weighted by Crippen LogP contribution is 2.28. The Kier molecular flexibility index (Phi) is 4.65. The van der Waals surface area contributed by atoms with Crippen LogP contribution in [0.15, 0.2) is 22.7 Å². The lowest BCUT2D eigenvalue weighted by atomic mass is 10.1. The number of rotatable bonds is 5. The highest BCUT2D eigenvalue weighted by Gasteiger charge is 2.19. The summed E-state index contributed by atoms with van der Waals surface area (Å²) in [7, 11) is 0. The van der Waals surface area contributed by atoms with Gasteiger partial charge >= 0.3 is 0 Å². The molecule has 0 aliphatic carbocycles. The molecule has 0 atom stereocenters. The van der Waals surface area contributed by atoms with Crippen molar-refractivity contribution in [2.75, 3.05) is 29.6 Å². The second-order valence-electron chi connectivity index (χ2n) is 5.07. The van der Waals surface area contributed by atoms with Crippen LogP contribution >= 0.6 is 23.1 Å². The van der Waals surface area contributed by atoms with Gasteiger partial charge in [0.2, 0.25) is 0 Å². The maximum absolute atomic E-state index is 4.68. The molecule has 21 heavy (non-hydrogen) atoms. The molecule has 0 saturated heterocycles. The van der Waals surface area contributed by atoms with Crippen molar-refractivity contribution in [2.24, 2.45) is 0 Å². The molecular weight excluding hydrogens is 300 g/mol. The Balaban J connectivity index is 1.84. The zero-order valence-electron chi connectivity index (χ0n) is 12.4. The summed E-state index contributed by atoms with van der Waals surface area (Å²) in [6, 6.07) is 4.31. The van der Waals surface area contributed by atoms with Gasteiger partial charge in [0.05, 0.1) is 0 Å². The largest absolute Gasteiger partial charge is 0.370 e. The van der Waals surface area contributed by atoms with Crippen LogP contribution in [-0.2, 0) is 13.0 Å².